The van der Waals surface area contributed by atoms with E-state index in [1.54, 1.807) is 0 Å². The number of thiol groups is 1. The van der Waals surface area contributed by atoms with E-state index in [4.69, 9.17) is 5.73 Å². The molecule has 0 saturated heterocycles. The first-order valence-corrected chi connectivity index (χ1v) is 5.26. The average molecular weight is 203 g/mol. The van der Waals surface area contributed by atoms with Gasteiger partial charge in [0.2, 0.25) is 0 Å². The number of hydrogen-bond donors (Lipinski definition) is 3. The molecule has 0 aromatic rings. The van der Waals surface area contributed by atoms with E-state index >= 15 is 0 Å². The number of hydrogen-bond acceptors (Lipinski definition) is 3. The standard InChI is InChI=1S/C9H17NO2S/c10-6-2-5-9(8(11)12)4-1-3-7(9)13/h7,13H,1-6,10H2,(H,11,12)/t7-,9-/m1/s1. The van der Waals surface area contributed by atoms with Crippen LogP contribution in [-0.4, -0.2) is 22.9 Å². The molecule has 4 heteroatoms. The van der Waals surface area contributed by atoms with Crippen LogP contribution in [0.3, 0.4) is 0 Å². The van der Waals surface area contributed by atoms with Crippen molar-refractivity contribution in [3.05, 3.63) is 0 Å². The SMILES string of the molecule is NCCC[C@]1(C(=O)O)CCC[C@H]1S. The zero-order valence-electron chi connectivity index (χ0n) is 7.70. The van der Waals surface area contributed by atoms with Gasteiger partial charge in [-0.1, -0.05) is 6.42 Å². The minimum absolute atomic E-state index is 0.0107. The highest BCUT2D eigenvalue weighted by Crippen LogP contribution is 2.45. The largest absolute Gasteiger partial charge is 0.481 e. The quantitative estimate of drug-likeness (QED) is 0.603. The van der Waals surface area contributed by atoms with E-state index in [2.05, 4.69) is 12.6 Å². The van der Waals surface area contributed by atoms with E-state index < -0.39 is 11.4 Å². The van der Waals surface area contributed by atoms with Gasteiger partial charge in [0.1, 0.15) is 0 Å². The number of aliphatic carboxylic acids is 1. The molecule has 1 aliphatic carbocycles. The van der Waals surface area contributed by atoms with Gasteiger partial charge in [-0.25, -0.2) is 0 Å². The maximum absolute atomic E-state index is 11.2. The van der Waals surface area contributed by atoms with Crippen molar-refractivity contribution < 1.29 is 9.90 Å². The Balaban J connectivity index is 2.68. The fourth-order valence-electron chi connectivity index (χ4n) is 2.12. The van der Waals surface area contributed by atoms with Crippen LogP contribution in [0.25, 0.3) is 0 Å². The van der Waals surface area contributed by atoms with Crippen molar-refractivity contribution in [1.29, 1.82) is 0 Å². The molecule has 0 amide bonds. The first-order valence-electron chi connectivity index (χ1n) is 4.75. The summed E-state index contributed by atoms with van der Waals surface area (Å²) in [4.78, 5) is 11.2. The van der Waals surface area contributed by atoms with E-state index in [0.717, 1.165) is 25.7 Å². The van der Waals surface area contributed by atoms with Gasteiger partial charge in [-0.2, -0.15) is 12.6 Å². The Hall–Kier alpha value is -0.220. The molecule has 3 N–H and O–H groups in total. The molecule has 1 aliphatic rings. The second-order valence-electron chi connectivity index (χ2n) is 3.76. The van der Waals surface area contributed by atoms with Crippen molar-refractivity contribution >= 4 is 18.6 Å². The third-order valence-electron chi connectivity index (χ3n) is 2.99. The lowest BCUT2D eigenvalue weighted by Crippen LogP contribution is -2.36. The number of carboxylic acids is 1. The summed E-state index contributed by atoms with van der Waals surface area (Å²) >= 11 is 4.36. The molecular weight excluding hydrogens is 186 g/mol. The smallest absolute Gasteiger partial charge is 0.310 e. The fraction of sp³-hybridized carbons (Fsp3) is 0.889. The molecule has 0 aromatic heterocycles. The van der Waals surface area contributed by atoms with Gasteiger partial charge in [-0.05, 0) is 32.2 Å². The van der Waals surface area contributed by atoms with Crippen LogP contribution in [0.15, 0.2) is 0 Å². The van der Waals surface area contributed by atoms with Gasteiger partial charge >= 0.3 is 5.97 Å². The lowest BCUT2D eigenvalue weighted by molar-refractivity contribution is -0.148. The maximum atomic E-state index is 11.2. The normalized spacial score (nSPS) is 33.5. The topological polar surface area (TPSA) is 63.3 Å². The van der Waals surface area contributed by atoms with Crippen LogP contribution in [0, 0.1) is 5.41 Å². The van der Waals surface area contributed by atoms with Crippen LogP contribution < -0.4 is 5.73 Å². The molecule has 76 valence electrons. The van der Waals surface area contributed by atoms with Crippen LogP contribution in [0.1, 0.15) is 32.1 Å². The Morgan fingerprint density at radius 2 is 2.38 bits per heavy atom. The van der Waals surface area contributed by atoms with Crippen molar-refractivity contribution in [3.63, 3.8) is 0 Å². The first kappa shape index (κ1) is 10.9. The highest BCUT2D eigenvalue weighted by atomic mass is 32.1. The molecule has 0 spiro atoms. The zero-order chi connectivity index (χ0) is 9.90. The van der Waals surface area contributed by atoms with Crippen molar-refractivity contribution in [1.82, 2.24) is 0 Å². The molecule has 13 heavy (non-hydrogen) atoms. The fourth-order valence-corrected chi connectivity index (χ4v) is 2.67. The molecule has 1 fully saturated rings. The van der Waals surface area contributed by atoms with Crippen molar-refractivity contribution in [2.24, 2.45) is 11.1 Å². The second kappa shape index (κ2) is 4.33. The number of rotatable bonds is 4. The van der Waals surface area contributed by atoms with E-state index in [1.807, 2.05) is 0 Å². The summed E-state index contributed by atoms with van der Waals surface area (Å²) in [7, 11) is 0. The van der Waals surface area contributed by atoms with E-state index in [-0.39, 0.29) is 5.25 Å². The zero-order valence-corrected chi connectivity index (χ0v) is 8.59. The van der Waals surface area contributed by atoms with Crippen molar-refractivity contribution in [3.8, 4) is 0 Å². The monoisotopic (exact) mass is 203 g/mol. The Labute approximate surface area is 84.1 Å². The highest BCUT2D eigenvalue weighted by Gasteiger charge is 2.46. The molecule has 3 nitrogen and oxygen atoms in total. The molecule has 1 saturated carbocycles. The molecule has 0 bridgehead atoms. The van der Waals surface area contributed by atoms with Crippen molar-refractivity contribution in [2.45, 2.75) is 37.4 Å². The molecule has 0 aromatic carbocycles. The van der Waals surface area contributed by atoms with E-state index in [9.17, 15) is 9.90 Å². The van der Waals surface area contributed by atoms with Crippen LogP contribution in [0.5, 0.6) is 0 Å². The molecule has 2 atom stereocenters. The number of carbonyl (C=O) groups is 1. The minimum atomic E-state index is -0.696. The minimum Gasteiger partial charge on any atom is -0.481 e. The van der Waals surface area contributed by atoms with Crippen LogP contribution in [-0.2, 0) is 4.79 Å². The maximum Gasteiger partial charge on any atom is 0.310 e. The van der Waals surface area contributed by atoms with E-state index in [0.29, 0.717) is 13.0 Å². The van der Waals surface area contributed by atoms with Gasteiger partial charge in [0.25, 0.3) is 0 Å². The lowest BCUT2D eigenvalue weighted by Gasteiger charge is -2.28. The molecular formula is C9H17NO2S. The third kappa shape index (κ3) is 1.99. The summed E-state index contributed by atoms with van der Waals surface area (Å²) < 4.78 is 0. The van der Waals surface area contributed by atoms with Crippen molar-refractivity contribution in [2.75, 3.05) is 6.54 Å². The Kier molecular flexibility index (Phi) is 3.62. The summed E-state index contributed by atoms with van der Waals surface area (Å²) in [5.41, 5.74) is 4.80. The van der Waals surface area contributed by atoms with Gasteiger partial charge in [-0.3, -0.25) is 4.79 Å². The van der Waals surface area contributed by atoms with Gasteiger partial charge in [0.05, 0.1) is 5.41 Å². The predicted octanol–water partition coefficient (Wildman–Crippen LogP) is 1.28. The predicted molar refractivity (Wildman–Crippen MR) is 55.0 cm³/mol. The molecule has 0 unspecified atom stereocenters. The molecule has 0 aliphatic heterocycles. The highest BCUT2D eigenvalue weighted by molar-refractivity contribution is 7.81. The number of carboxylic acid groups (broad SMARTS) is 1. The summed E-state index contributed by atoms with van der Waals surface area (Å²) in [5.74, 6) is -0.696. The second-order valence-corrected chi connectivity index (χ2v) is 4.38. The average Bonchev–Trinajstić information content (AvgIpc) is 2.45. The first-order chi connectivity index (χ1) is 6.13. The van der Waals surface area contributed by atoms with Crippen LogP contribution >= 0.6 is 12.6 Å². The van der Waals surface area contributed by atoms with Crippen LogP contribution in [0.4, 0.5) is 0 Å². The van der Waals surface area contributed by atoms with Gasteiger partial charge in [-0.15, -0.1) is 0 Å². The summed E-state index contributed by atoms with van der Waals surface area (Å²) in [6.45, 7) is 0.565. The van der Waals surface area contributed by atoms with E-state index in [1.165, 1.54) is 0 Å². The Morgan fingerprint density at radius 3 is 2.77 bits per heavy atom. The summed E-state index contributed by atoms with van der Waals surface area (Å²) in [5, 5.41) is 9.18. The van der Waals surface area contributed by atoms with Gasteiger partial charge in [0, 0.05) is 5.25 Å². The molecule has 1 rings (SSSR count). The van der Waals surface area contributed by atoms with Crippen LogP contribution in [0.2, 0.25) is 0 Å². The Morgan fingerprint density at radius 1 is 1.69 bits per heavy atom. The Bertz CT molecular complexity index is 198. The summed E-state index contributed by atoms with van der Waals surface area (Å²) in [6, 6.07) is 0. The lowest BCUT2D eigenvalue weighted by atomic mass is 9.81. The molecule has 0 heterocycles. The number of nitrogens with two attached hydrogens (primary N) is 1. The van der Waals surface area contributed by atoms with Gasteiger partial charge < -0.3 is 10.8 Å². The summed E-state index contributed by atoms with van der Waals surface area (Å²) in [6.07, 6.45) is 4.11. The molecule has 0 radical (unpaired) electrons. The third-order valence-corrected chi connectivity index (χ3v) is 3.74. The van der Waals surface area contributed by atoms with Gasteiger partial charge in [0.15, 0.2) is 0 Å².